The molecule has 2 amide bonds. The minimum atomic E-state index is -0.289. The average molecular weight is 385 g/mol. The van der Waals surface area contributed by atoms with Crippen LogP contribution in [-0.2, 0) is 9.59 Å². The fraction of sp³-hybridized carbons (Fsp3) is 0.765. The second-order valence-electron chi connectivity index (χ2n) is 7.79. The van der Waals surface area contributed by atoms with Gasteiger partial charge in [0.1, 0.15) is 16.4 Å². The molecular weight excluding hydrogens is 356 g/mol. The quantitative estimate of drug-likeness (QED) is 0.421. The zero-order valence-corrected chi connectivity index (χ0v) is 17.6. The van der Waals surface area contributed by atoms with Crippen molar-refractivity contribution < 1.29 is 9.59 Å². The van der Waals surface area contributed by atoms with Gasteiger partial charge in [-0.3, -0.25) is 29.6 Å². The molecule has 2 fully saturated rings. The predicted molar refractivity (Wildman–Crippen MR) is 106 cm³/mol. The Morgan fingerprint density at radius 3 is 1.24 bits per heavy atom. The monoisotopic (exact) mass is 384 g/mol. The highest BCUT2D eigenvalue weighted by Crippen LogP contribution is 2.48. The molecule has 2 saturated carbocycles. The van der Waals surface area contributed by atoms with Gasteiger partial charge >= 0.3 is 0 Å². The van der Waals surface area contributed by atoms with E-state index in [4.69, 9.17) is 24.4 Å². The smallest absolute Gasteiger partial charge is 0.250 e. The zero-order chi connectivity index (χ0) is 19.2. The van der Waals surface area contributed by atoms with Crippen molar-refractivity contribution in [1.29, 1.82) is 0 Å². The molecule has 2 aliphatic rings. The summed E-state index contributed by atoms with van der Waals surface area (Å²) in [4.78, 5) is 26.4. The summed E-state index contributed by atoms with van der Waals surface area (Å²) in [5, 5.41) is 6.21. The van der Waals surface area contributed by atoms with Gasteiger partial charge in [0.25, 0.3) is 0 Å². The number of carbonyl (C=O) groups is 2. The molecule has 0 heterocycles. The van der Waals surface area contributed by atoms with E-state index in [1.54, 1.807) is 38.2 Å². The molecule has 2 aliphatic carbocycles. The maximum absolute atomic E-state index is 12.5. The third-order valence-corrected chi connectivity index (χ3v) is 7.06. The van der Waals surface area contributed by atoms with Gasteiger partial charge < -0.3 is 0 Å². The number of hydrogen-bond acceptors (Lipinski definition) is 4. The molecule has 0 aromatic carbocycles. The van der Waals surface area contributed by atoms with Gasteiger partial charge in [-0.2, -0.15) is 0 Å². The molecule has 140 valence electrons. The summed E-state index contributed by atoms with van der Waals surface area (Å²) in [6.07, 6.45) is 3.95. The van der Waals surface area contributed by atoms with Gasteiger partial charge in [0.05, 0.1) is 0 Å². The first-order chi connectivity index (χ1) is 11.4. The van der Waals surface area contributed by atoms with Gasteiger partial charge in [-0.15, -0.1) is 0 Å². The van der Waals surface area contributed by atoms with Crippen molar-refractivity contribution >= 4 is 46.2 Å². The van der Waals surface area contributed by atoms with Crippen molar-refractivity contribution in [2.45, 2.75) is 46.0 Å². The number of hydrogen-bond donors (Lipinski definition) is 0. The van der Waals surface area contributed by atoms with Crippen molar-refractivity contribution in [3.8, 4) is 0 Å². The molecule has 0 bridgehead atoms. The van der Waals surface area contributed by atoms with Crippen LogP contribution in [0.2, 0.25) is 0 Å². The van der Waals surface area contributed by atoms with E-state index in [-0.39, 0.29) is 29.1 Å². The van der Waals surface area contributed by atoms with Crippen LogP contribution in [0, 0.1) is 10.8 Å². The summed E-state index contributed by atoms with van der Waals surface area (Å²) in [7, 11) is 6.83. The van der Waals surface area contributed by atoms with Gasteiger partial charge in [-0.25, -0.2) is 0 Å². The zero-order valence-electron chi connectivity index (χ0n) is 16.0. The molecule has 25 heavy (non-hydrogen) atoms. The number of amides is 2. The Hall–Kier alpha value is -1.28. The van der Waals surface area contributed by atoms with Crippen LogP contribution in [0.5, 0.6) is 0 Å². The highest BCUT2D eigenvalue weighted by Gasteiger charge is 2.45. The Kier molecular flexibility index (Phi) is 5.45. The molecular formula is C17H28N4O2S2. The number of rotatable bonds is 4. The standard InChI is InChI=1S/C17H28N4O2S2/c1-16(7-8-16)14(24)20(5)18(3)12(22)11-13(23)19(4)21(6)15(25)17(2)9-10-17/h7-11H2,1-6H3. The summed E-state index contributed by atoms with van der Waals surface area (Å²) >= 11 is 10.9. The molecule has 0 aromatic rings. The minimum Gasteiger partial charge on any atom is -0.279 e. The maximum Gasteiger partial charge on any atom is 0.250 e. The van der Waals surface area contributed by atoms with Crippen LogP contribution in [0.15, 0.2) is 0 Å². The van der Waals surface area contributed by atoms with Crippen LogP contribution in [-0.4, -0.2) is 70.0 Å². The first-order valence-corrected chi connectivity index (χ1v) is 9.34. The SMILES string of the molecule is CN(C(=O)CC(=O)N(C)N(C)C(=S)C1(C)CC1)N(C)C(=S)C1(C)CC1. The second-order valence-corrected chi connectivity index (χ2v) is 8.56. The van der Waals surface area contributed by atoms with Gasteiger partial charge in [0, 0.05) is 39.0 Å². The first-order valence-electron chi connectivity index (χ1n) is 8.52. The third kappa shape index (κ3) is 4.11. The highest BCUT2D eigenvalue weighted by atomic mass is 32.1. The van der Waals surface area contributed by atoms with Gasteiger partial charge in [-0.05, 0) is 25.7 Å². The summed E-state index contributed by atoms with van der Waals surface area (Å²) in [5.41, 5.74) is 0.0110. The van der Waals surface area contributed by atoms with E-state index < -0.39 is 0 Å². The lowest BCUT2D eigenvalue weighted by molar-refractivity contribution is -0.149. The normalized spacial score (nSPS) is 18.8. The van der Waals surface area contributed by atoms with E-state index in [0.29, 0.717) is 0 Å². The van der Waals surface area contributed by atoms with Crippen LogP contribution >= 0.6 is 24.4 Å². The Balaban J connectivity index is 1.91. The van der Waals surface area contributed by atoms with Crippen LogP contribution in [0.3, 0.4) is 0 Å². The summed E-state index contributed by atoms with van der Waals surface area (Å²) in [5.74, 6) is -0.578. The molecule has 0 radical (unpaired) electrons. The molecule has 6 nitrogen and oxygen atoms in total. The van der Waals surface area contributed by atoms with Crippen LogP contribution < -0.4 is 0 Å². The van der Waals surface area contributed by atoms with Crippen molar-refractivity contribution in [2.24, 2.45) is 10.8 Å². The predicted octanol–water partition coefficient (Wildman–Crippen LogP) is 2.24. The van der Waals surface area contributed by atoms with E-state index in [0.717, 1.165) is 35.7 Å². The van der Waals surface area contributed by atoms with Crippen molar-refractivity contribution in [3.05, 3.63) is 0 Å². The van der Waals surface area contributed by atoms with E-state index in [1.807, 2.05) is 0 Å². The molecule has 0 unspecified atom stereocenters. The lowest BCUT2D eigenvalue weighted by Gasteiger charge is -2.35. The fourth-order valence-electron chi connectivity index (χ4n) is 2.55. The summed E-state index contributed by atoms with van der Waals surface area (Å²) in [6.45, 7) is 4.19. The second kappa shape index (κ2) is 6.79. The molecule has 8 heteroatoms. The third-order valence-electron chi connectivity index (χ3n) is 5.54. The minimum absolute atomic E-state index is 0.00549. The van der Waals surface area contributed by atoms with Crippen LogP contribution in [0.4, 0.5) is 0 Å². The van der Waals surface area contributed by atoms with Crippen molar-refractivity contribution in [2.75, 3.05) is 28.2 Å². The highest BCUT2D eigenvalue weighted by molar-refractivity contribution is 7.80. The molecule has 0 saturated heterocycles. The van der Waals surface area contributed by atoms with E-state index >= 15 is 0 Å². The topological polar surface area (TPSA) is 47.1 Å². The number of carbonyl (C=O) groups excluding carboxylic acids is 2. The number of hydrazine groups is 2. The molecule has 2 rings (SSSR count). The fourth-order valence-corrected chi connectivity index (χ4v) is 3.20. The average Bonchev–Trinajstić information content (AvgIpc) is 3.50. The Labute approximate surface area is 161 Å². The Morgan fingerprint density at radius 2 is 1.00 bits per heavy atom. The van der Waals surface area contributed by atoms with Crippen molar-refractivity contribution in [3.63, 3.8) is 0 Å². The lowest BCUT2D eigenvalue weighted by atomic mass is 10.1. The molecule has 0 N–H and O–H groups in total. The molecule has 0 aliphatic heterocycles. The van der Waals surface area contributed by atoms with E-state index in [1.165, 1.54) is 10.0 Å². The van der Waals surface area contributed by atoms with Gasteiger partial charge in [-0.1, -0.05) is 38.3 Å². The summed E-state index contributed by atoms with van der Waals surface area (Å²) in [6, 6.07) is 0. The van der Waals surface area contributed by atoms with Crippen molar-refractivity contribution in [1.82, 2.24) is 20.0 Å². The molecule has 0 aromatic heterocycles. The maximum atomic E-state index is 12.5. The first kappa shape index (κ1) is 20.0. The lowest BCUT2D eigenvalue weighted by Crippen LogP contribution is -2.50. The molecule has 0 atom stereocenters. The number of thiocarbonyl (C=S) groups is 2. The van der Waals surface area contributed by atoms with Gasteiger partial charge in [0.15, 0.2) is 0 Å². The van der Waals surface area contributed by atoms with Gasteiger partial charge in [0.2, 0.25) is 11.8 Å². The van der Waals surface area contributed by atoms with E-state index in [2.05, 4.69) is 13.8 Å². The van der Waals surface area contributed by atoms with Crippen LogP contribution in [0.1, 0.15) is 46.0 Å². The van der Waals surface area contributed by atoms with E-state index in [9.17, 15) is 9.59 Å². The Morgan fingerprint density at radius 1 is 0.720 bits per heavy atom. The summed E-state index contributed by atoms with van der Waals surface area (Å²) < 4.78 is 0. The molecule has 0 spiro atoms. The Bertz CT molecular complexity index is 562. The largest absolute Gasteiger partial charge is 0.279 e. The number of nitrogens with zero attached hydrogens (tertiary/aromatic N) is 4. The van der Waals surface area contributed by atoms with Crippen LogP contribution in [0.25, 0.3) is 0 Å².